The molecule has 4 nitrogen and oxygen atoms in total. The molecule has 0 amide bonds. The summed E-state index contributed by atoms with van der Waals surface area (Å²) in [4.78, 5) is 5.89. The average molecular weight is 814 g/mol. The highest BCUT2D eigenvalue weighted by atomic mass is 16.3. The third kappa shape index (κ3) is 6.00. The Kier molecular flexibility index (Phi) is 8.55. The first kappa shape index (κ1) is 36.5. The summed E-state index contributed by atoms with van der Waals surface area (Å²) in [5, 5.41) is 10.0. The summed E-state index contributed by atoms with van der Waals surface area (Å²) in [6.07, 6.45) is 34.7. The molecule has 2 aliphatic heterocycles. The maximum atomic E-state index is 6.58. The minimum Gasteiger partial charge on any atom is -0.456 e. The second kappa shape index (κ2) is 14.8. The summed E-state index contributed by atoms with van der Waals surface area (Å²) in [6.45, 7) is 0. The number of fused-ring (bicyclic) bond motifs is 13. The van der Waals surface area contributed by atoms with Crippen molar-refractivity contribution >= 4 is 62.1 Å². The van der Waals surface area contributed by atoms with Crippen LogP contribution in [-0.2, 0) is 0 Å². The van der Waals surface area contributed by atoms with E-state index in [2.05, 4.69) is 180 Å². The van der Waals surface area contributed by atoms with Gasteiger partial charge < -0.3 is 14.3 Å². The molecule has 3 unspecified atom stereocenters. The van der Waals surface area contributed by atoms with Crippen molar-refractivity contribution < 1.29 is 4.42 Å². The SMILES string of the molecule is C1=C(C2=CCCC=C2)NC(c2ccccc2)=NC2C=1C1C=c3c(c4ccc5oc6ccccc6c5c4n3C3=CCC(C4=CC(c5ccccc5)=C(C5=CC=CCC5)CC4)C=C32)=CC1. The van der Waals surface area contributed by atoms with E-state index in [1.54, 1.807) is 0 Å². The van der Waals surface area contributed by atoms with Crippen molar-refractivity contribution in [2.24, 2.45) is 16.8 Å². The molecule has 3 atom stereocenters. The molecule has 13 rings (SSSR count). The van der Waals surface area contributed by atoms with E-state index in [0.717, 1.165) is 85.0 Å². The Morgan fingerprint density at radius 1 is 0.714 bits per heavy atom. The number of hydrogen-bond donors (Lipinski definition) is 1. The van der Waals surface area contributed by atoms with Crippen LogP contribution in [-0.4, -0.2) is 16.4 Å². The number of rotatable bonds is 5. The van der Waals surface area contributed by atoms with E-state index in [0.29, 0.717) is 0 Å². The van der Waals surface area contributed by atoms with Crippen LogP contribution >= 0.6 is 0 Å². The van der Waals surface area contributed by atoms with Crippen LogP contribution in [0.1, 0.15) is 62.5 Å². The van der Waals surface area contributed by atoms with Crippen molar-refractivity contribution in [2.45, 2.75) is 57.4 Å². The molecular weight excluding hydrogens is 767 g/mol. The first-order valence-corrected chi connectivity index (χ1v) is 23.0. The Hall–Kier alpha value is -7.13. The lowest BCUT2D eigenvalue weighted by Gasteiger charge is -2.34. The van der Waals surface area contributed by atoms with Gasteiger partial charge in [-0.1, -0.05) is 157 Å². The van der Waals surface area contributed by atoms with Gasteiger partial charge in [0, 0.05) is 55.8 Å². The molecule has 0 fully saturated rings. The van der Waals surface area contributed by atoms with Crippen molar-refractivity contribution in [3.05, 3.63) is 218 Å². The van der Waals surface area contributed by atoms with Gasteiger partial charge in [0.15, 0.2) is 0 Å². The predicted molar refractivity (Wildman–Crippen MR) is 260 cm³/mol. The number of para-hydroxylation sites is 1. The lowest BCUT2D eigenvalue weighted by Crippen LogP contribution is -2.38. The molecule has 4 heteroatoms. The topological polar surface area (TPSA) is 42.5 Å². The van der Waals surface area contributed by atoms with Gasteiger partial charge in [0.1, 0.15) is 23.0 Å². The van der Waals surface area contributed by atoms with Gasteiger partial charge in [0.2, 0.25) is 0 Å². The zero-order chi connectivity index (χ0) is 41.4. The first-order valence-electron chi connectivity index (χ1n) is 23.0. The number of amidine groups is 1. The second-order valence-electron chi connectivity index (χ2n) is 17.9. The number of nitrogens with one attached hydrogen (secondary N) is 1. The quantitative estimate of drug-likeness (QED) is 0.176. The van der Waals surface area contributed by atoms with Crippen LogP contribution in [0.25, 0.3) is 56.3 Å². The number of benzene rings is 4. The van der Waals surface area contributed by atoms with Crippen LogP contribution in [0.5, 0.6) is 0 Å². The fourth-order valence-electron chi connectivity index (χ4n) is 11.3. The molecule has 2 bridgehead atoms. The van der Waals surface area contributed by atoms with Crippen molar-refractivity contribution in [3.63, 3.8) is 0 Å². The smallest absolute Gasteiger partial charge is 0.137 e. The van der Waals surface area contributed by atoms with E-state index in [1.807, 2.05) is 0 Å². The number of nitrogens with zero attached hydrogens (tertiary/aromatic N) is 2. The highest BCUT2D eigenvalue weighted by molar-refractivity contribution is 6.19. The van der Waals surface area contributed by atoms with E-state index >= 15 is 0 Å². The fraction of sp³-hybridized carbons (Fsp3) is 0.186. The monoisotopic (exact) mass is 813 g/mol. The van der Waals surface area contributed by atoms with E-state index < -0.39 is 0 Å². The predicted octanol–water partition coefficient (Wildman–Crippen LogP) is 12.5. The molecule has 4 heterocycles. The fourth-order valence-corrected chi connectivity index (χ4v) is 11.3. The van der Waals surface area contributed by atoms with Crippen LogP contribution in [0.15, 0.2) is 206 Å². The summed E-state index contributed by atoms with van der Waals surface area (Å²) in [5.74, 6) is 1.21. The van der Waals surface area contributed by atoms with Gasteiger partial charge in [-0.15, -0.1) is 0 Å². The van der Waals surface area contributed by atoms with Crippen LogP contribution in [0.4, 0.5) is 0 Å². The number of hydrogen-bond acceptors (Lipinski definition) is 3. The summed E-state index contributed by atoms with van der Waals surface area (Å²) in [5.41, 5.74) is 21.3. The average Bonchev–Trinajstić information content (AvgIpc) is 3.81. The van der Waals surface area contributed by atoms with Gasteiger partial charge in [-0.05, 0) is 91.8 Å². The van der Waals surface area contributed by atoms with Gasteiger partial charge in [-0.3, -0.25) is 4.99 Å². The van der Waals surface area contributed by atoms with E-state index in [4.69, 9.17) is 9.41 Å². The molecule has 4 aromatic carbocycles. The van der Waals surface area contributed by atoms with Crippen LogP contribution in [0, 0.1) is 11.8 Å². The van der Waals surface area contributed by atoms with Crippen LogP contribution < -0.4 is 15.9 Å². The summed E-state index contributed by atoms with van der Waals surface area (Å²) in [7, 11) is 0. The summed E-state index contributed by atoms with van der Waals surface area (Å²) < 4.78 is 9.17. The minimum atomic E-state index is -0.266. The molecule has 7 aliphatic rings. The molecule has 2 aromatic heterocycles. The standard InChI is InChI=1S/C59H47N3O/c1-5-15-37(16-6-1)44-28-25-41(33-48(44)38-17-7-2-8-18-38)42-27-31-52-50(34-42)57-49(36-51(39-19-9-3-10-20-39)60-59(61-57)40-21-11-4-12-22-40)43-26-29-45-46-30-32-55-56(58(46)62(52)53(45)35-43)47-23-13-14-24-54(47)63-55/h1-2,4-5,7-9,11-15,17-24,29-35,42-43,57H,3,6,10,16,25-28H2,(H,60,61). The van der Waals surface area contributed by atoms with Crippen LogP contribution in [0.3, 0.4) is 0 Å². The maximum absolute atomic E-state index is 6.58. The van der Waals surface area contributed by atoms with Crippen molar-refractivity contribution in [1.82, 2.24) is 9.88 Å². The van der Waals surface area contributed by atoms with Gasteiger partial charge in [0.05, 0.1) is 21.9 Å². The third-order valence-corrected chi connectivity index (χ3v) is 14.3. The number of aliphatic imine (C=N–C) groups is 1. The normalized spacial score (nSPS) is 22.6. The number of aromatic nitrogens is 1. The number of furan rings is 1. The van der Waals surface area contributed by atoms with E-state index in [-0.39, 0.29) is 17.9 Å². The highest BCUT2D eigenvalue weighted by Crippen LogP contribution is 2.46. The van der Waals surface area contributed by atoms with Crippen LogP contribution in [0.2, 0.25) is 0 Å². The van der Waals surface area contributed by atoms with Gasteiger partial charge >= 0.3 is 0 Å². The molecule has 0 saturated heterocycles. The minimum absolute atomic E-state index is 0.107. The molecule has 1 N–H and O–H groups in total. The molecule has 5 aliphatic carbocycles. The Bertz CT molecular complexity index is 3450. The van der Waals surface area contributed by atoms with Crippen molar-refractivity contribution in [2.75, 3.05) is 0 Å². The third-order valence-electron chi connectivity index (χ3n) is 14.3. The molecule has 304 valence electrons. The Labute approximate surface area is 367 Å². The molecule has 6 aromatic rings. The van der Waals surface area contributed by atoms with Crippen molar-refractivity contribution in [1.29, 1.82) is 0 Å². The summed E-state index contributed by atoms with van der Waals surface area (Å²) in [6, 6.07) is 34.5. The maximum Gasteiger partial charge on any atom is 0.137 e. The Morgan fingerprint density at radius 3 is 2.40 bits per heavy atom. The Balaban J connectivity index is 1.08. The zero-order valence-electron chi connectivity index (χ0n) is 35.3. The molecule has 63 heavy (non-hydrogen) atoms. The lowest BCUT2D eigenvalue weighted by atomic mass is 9.75. The molecule has 0 spiro atoms. The zero-order valence-corrected chi connectivity index (χ0v) is 35.3. The second-order valence-corrected chi connectivity index (χ2v) is 17.9. The molecule has 0 saturated carbocycles. The van der Waals surface area contributed by atoms with E-state index in [1.165, 1.54) is 77.1 Å². The highest BCUT2D eigenvalue weighted by Gasteiger charge is 2.37. The van der Waals surface area contributed by atoms with Gasteiger partial charge in [0.25, 0.3) is 0 Å². The van der Waals surface area contributed by atoms with Gasteiger partial charge in [-0.2, -0.15) is 0 Å². The van der Waals surface area contributed by atoms with Crippen molar-refractivity contribution in [3.8, 4) is 0 Å². The first-order chi connectivity index (χ1) is 31.2. The Morgan fingerprint density at radius 2 is 1.56 bits per heavy atom. The number of allylic oxidation sites excluding steroid dienone is 12. The molecule has 0 radical (unpaired) electrons. The molecular formula is C59H47N3O. The lowest BCUT2D eigenvalue weighted by molar-refractivity contribution is 0.668. The largest absolute Gasteiger partial charge is 0.456 e. The summed E-state index contributed by atoms with van der Waals surface area (Å²) >= 11 is 0. The van der Waals surface area contributed by atoms with E-state index in [9.17, 15) is 0 Å². The van der Waals surface area contributed by atoms with Gasteiger partial charge in [-0.25, -0.2) is 0 Å².